The van der Waals surface area contributed by atoms with Crippen LogP contribution in [-0.4, -0.2) is 27.6 Å². The van der Waals surface area contributed by atoms with Crippen LogP contribution >= 0.6 is 0 Å². The normalized spacial score (nSPS) is 23.0. The van der Waals surface area contributed by atoms with Crippen molar-refractivity contribution < 1.29 is 4.79 Å². The van der Waals surface area contributed by atoms with Crippen molar-refractivity contribution in [2.75, 3.05) is 6.54 Å². The quantitative estimate of drug-likeness (QED) is 0.896. The summed E-state index contributed by atoms with van der Waals surface area (Å²) in [5.41, 5.74) is -0.121. The van der Waals surface area contributed by atoms with Crippen LogP contribution < -0.4 is 5.32 Å². The molecule has 21 heavy (non-hydrogen) atoms. The molecule has 1 amide bonds. The summed E-state index contributed by atoms with van der Waals surface area (Å²) in [6, 6.07) is 0. The molecule has 0 aromatic carbocycles. The molecule has 0 saturated heterocycles. The molecule has 0 spiro atoms. The van der Waals surface area contributed by atoms with E-state index in [0.29, 0.717) is 0 Å². The van der Waals surface area contributed by atoms with E-state index in [1.165, 1.54) is 25.7 Å². The Kier molecular flexibility index (Phi) is 5.01. The van der Waals surface area contributed by atoms with Crippen LogP contribution in [0.15, 0.2) is 0 Å². The molecule has 5 nitrogen and oxygen atoms in total. The molecular formula is C16H28N4O. The van der Waals surface area contributed by atoms with Crippen LogP contribution in [0.25, 0.3) is 0 Å². The molecule has 0 atom stereocenters. The number of aromatic nitrogens is 3. The SMILES string of the molecule is CC1CCC(CCNC(=O)c2n[nH]c(C(C)(C)C)n2)CC1. The van der Waals surface area contributed by atoms with Crippen molar-refractivity contribution in [2.45, 2.75) is 65.2 Å². The smallest absolute Gasteiger partial charge is 0.290 e. The van der Waals surface area contributed by atoms with Gasteiger partial charge in [-0.15, -0.1) is 5.10 Å². The number of nitrogens with zero attached hydrogens (tertiary/aromatic N) is 2. The Morgan fingerprint density at radius 2 is 1.95 bits per heavy atom. The molecule has 118 valence electrons. The number of aromatic amines is 1. The number of nitrogens with one attached hydrogen (secondary N) is 2. The van der Waals surface area contributed by atoms with E-state index in [1.807, 2.05) is 20.8 Å². The summed E-state index contributed by atoms with van der Waals surface area (Å²) in [5, 5.41) is 9.80. The van der Waals surface area contributed by atoms with Gasteiger partial charge in [-0.3, -0.25) is 9.89 Å². The van der Waals surface area contributed by atoms with Crippen molar-refractivity contribution in [3.63, 3.8) is 0 Å². The summed E-state index contributed by atoms with van der Waals surface area (Å²) < 4.78 is 0. The molecule has 2 N–H and O–H groups in total. The van der Waals surface area contributed by atoms with E-state index in [-0.39, 0.29) is 17.1 Å². The van der Waals surface area contributed by atoms with Crippen molar-refractivity contribution in [1.82, 2.24) is 20.5 Å². The highest BCUT2D eigenvalue weighted by Crippen LogP contribution is 2.29. The number of hydrogen-bond acceptors (Lipinski definition) is 3. The lowest BCUT2D eigenvalue weighted by Gasteiger charge is -2.25. The van der Waals surface area contributed by atoms with Crippen LogP contribution in [0.3, 0.4) is 0 Å². The van der Waals surface area contributed by atoms with Crippen molar-refractivity contribution in [2.24, 2.45) is 11.8 Å². The van der Waals surface area contributed by atoms with E-state index in [4.69, 9.17) is 0 Å². The summed E-state index contributed by atoms with van der Waals surface area (Å²) in [7, 11) is 0. The van der Waals surface area contributed by atoms with Gasteiger partial charge >= 0.3 is 0 Å². The molecule has 0 radical (unpaired) electrons. The fourth-order valence-electron chi connectivity index (χ4n) is 2.79. The molecule has 1 aromatic heterocycles. The Hall–Kier alpha value is -1.39. The van der Waals surface area contributed by atoms with Gasteiger partial charge in [0.1, 0.15) is 5.82 Å². The lowest BCUT2D eigenvalue weighted by Crippen LogP contribution is -2.28. The van der Waals surface area contributed by atoms with Crippen molar-refractivity contribution in [3.05, 3.63) is 11.6 Å². The van der Waals surface area contributed by atoms with E-state index >= 15 is 0 Å². The summed E-state index contributed by atoms with van der Waals surface area (Å²) in [5.74, 6) is 2.45. The summed E-state index contributed by atoms with van der Waals surface area (Å²) in [4.78, 5) is 16.3. The van der Waals surface area contributed by atoms with Crippen LogP contribution in [0, 0.1) is 11.8 Å². The fraction of sp³-hybridized carbons (Fsp3) is 0.812. The molecular weight excluding hydrogens is 264 g/mol. The maximum absolute atomic E-state index is 12.0. The average molecular weight is 292 g/mol. The molecule has 1 aliphatic rings. The van der Waals surface area contributed by atoms with E-state index in [9.17, 15) is 4.79 Å². The Labute approximate surface area is 127 Å². The van der Waals surface area contributed by atoms with Gasteiger partial charge < -0.3 is 5.32 Å². The first-order valence-corrected chi connectivity index (χ1v) is 8.07. The first-order chi connectivity index (χ1) is 9.86. The number of amides is 1. The second-order valence-corrected chi connectivity index (χ2v) is 7.43. The van der Waals surface area contributed by atoms with Gasteiger partial charge in [0.25, 0.3) is 5.91 Å². The van der Waals surface area contributed by atoms with Crippen LogP contribution in [0.5, 0.6) is 0 Å². The minimum Gasteiger partial charge on any atom is -0.349 e. The maximum atomic E-state index is 12.0. The number of hydrogen-bond donors (Lipinski definition) is 2. The Morgan fingerprint density at radius 1 is 1.29 bits per heavy atom. The number of rotatable bonds is 4. The van der Waals surface area contributed by atoms with E-state index in [0.717, 1.165) is 30.6 Å². The predicted molar refractivity (Wildman–Crippen MR) is 83.2 cm³/mol. The molecule has 2 rings (SSSR count). The van der Waals surface area contributed by atoms with Gasteiger partial charge in [0.2, 0.25) is 5.82 Å². The molecule has 0 bridgehead atoms. The van der Waals surface area contributed by atoms with E-state index < -0.39 is 0 Å². The van der Waals surface area contributed by atoms with E-state index in [2.05, 4.69) is 27.4 Å². The summed E-state index contributed by atoms with van der Waals surface area (Å²) in [6.45, 7) is 9.17. The first kappa shape index (κ1) is 16.0. The van der Waals surface area contributed by atoms with Crippen molar-refractivity contribution in [3.8, 4) is 0 Å². The Bertz CT molecular complexity index is 467. The number of carbonyl (C=O) groups is 1. The van der Waals surface area contributed by atoms with Crippen molar-refractivity contribution >= 4 is 5.91 Å². The van der Waals surface area contributed by atoms with Crippen LogP contribution in [0.1, 0.15) is 76.2 Å². The van der Waals surface area contributed by atoms with Gasteiger partial charge in [-0.25, -0.2) is 4.98 Å². The zero-order chi connectivity index (χ0) is 15.5. The second kappa shape index (κ2) is 6.58. The zero-order valence-electron chi connectivity index (χ0n) is 13.7. The standard InChI is InChI=1S/C16H28N4O/c1-11-5-7-12(8-6-11)9-10-17-14(21)13-18-15(20-19-13)16(2,3)4/h11-12H,5-10H2,1-4H3,(H,17,21)(H,18,19,20). The Balaban J connectivity index is 1.76. The molecule has 0 unspecified atom stereocenters. The lowest BCUT2D eigenvalue weighted by molar-refractivity contribution is 0.0939. The third-order valence-corrected chi connectivity index (χ3v) is 4.37. The molecule has 1 aliphatic carbocycles. The van der Waals surface area contributed by atoms with Gasteiger partial charge in [0.15, 0.2) is 0 Å². The third-order valence-electron chi connectivity index (χ3n) is 4.37. The Morgan fingerprint density at radius 3 is 2.52 bits per heavy atom. The molecule has 5 heteroatoms. The third kappa shape index (κ3) is 4.55. The van der Waals surface area contributed by atoms with E-state index in [1.54, 1.807) is 0 Å². The minimum absolute atomic E-state index is 0.121. The molecule has 0 aliphatic heterocycles. The predicted octanol–water partition coefficient (Wildman–Crippen LogP) is 3.05. The van der Waals surface area contributed by atoms with Crippen LogP contribution in [-0.2, 0) is 5.41 Å². The maximum Gasteiger partial charge on any atom is 0.290 e. The minimum atomic E-state index is -0.175. The number of carbonyl (C=O) groups excluding carboxylic acids is 1. The summed E-state index contributed by atoms with van der Waals surface area (Å²) in [6.07, 6.45) is 6.32. The van der Waals surface area contributed by atoms with Crippen LogP contribution in [0.2, 0.25) is 0 Å². The molecule has 1 fully saturated rings. The second-order valence-electron chi connectivity index (χ2n) is 7.43. The topological polar surface area (TPSA) is 70.7 Å². The molecule has 1 saturated carbocycles. The van der Waals surface area contributed by atoms with Gasteiger partial charge in [-0.1, -0.05) is 53.4 Å². The largest absolute Gasteiger partial charge is 0.349 e. The highest BCUT2D eigenvalue weighted by molar-refractivity contribution is 5.90. The number of H-pyrrole nitrogens is 1. The molecule has 1 heterocycles. The summed E-state index contributed by atoms with van der Waals surface area (Å²) >= 11 is 0. The van der Waals surface area contributed by atoms with Crippen LogP contribution in [0.4, 0.5) is 0 Å². The zero-order valence-corrected chi connectivity index (χ0v) is 13.7. The average Bonchev–Trinajstić information content (AvgIpc) is 2.90. The first-order valence-electron chi connectivity index (χ1n) is 8.07. The fourth-order valence-corrected chi connectivity index (χ4v) is 2.79. The van der Waals surface area contributed by atoms with Crippen molar-refractivity contribution in [1.29, 1.82) is 0 Å². The highest BCUT2D eigenvalue weighted by atomic mass is 16.2. The van der Waals surface area contributed by atoms with Gasteiger partial charge in [-0.2, -0.15) is 0 Å². The van der Waals surface area contributed by atoms with Gasteiger partial charge in [0, 0.05) is 12.0 Å². The highest BCUT2D eigenvalue weighted by Gasteiger charge is 2.22. The van der Waals surface area contributed by atoms with Gasteiger partial charge in [-0.05, 0) is 18.3 Å². The lowest BCUT2D eigenvalue weighted by atomic mass is 9.81. The monoisotopic (exact) mass is 292 g/mol. The van der Waals surface area contributed by atoms with Gasteiger partial charge in [0.05, 0.1) is 0 Å². The molecule has 1 aromatic rings.